The molecule has 0 aromatic rings. The number of hydrogen-bond acceptors (Lipinski definition) is 6. The highest BCUT2D eigenvalue weighted by Crippen LogP contribution is 2.34. The van der Waals surface area contributed by atoms with Crippen molar-refractivity contribution in [2.24, 2.45) is 17.8 Å². The van der Waals surface area contributed by atoms with Crippen LogP contribution in [-0.2, 0) is 24.0 Å². The van der Waals surface area contributed by atoms with Crippen molar-refractivity contribution >= 4 is 54.3 Å². The SMILES string of the molecule is CCC[C@@H](C(=O)N[C@H](CN[C@@H](C)C(=O)N[C@H](C(=O)NCC)C(C)C)CC(C)C)N(C)C(=O)[C@H](CC1CC1)NC(=O)C1=CC=IC=C1. The summed E-state index contributed by atoms with van der Waals surface area (Å²) < 4.78 is 4.03. The van der Waals surface area contributed by atoms with Crippen LogP contribution in [0.25, 0.3) is 0 Å². The van der Waals surface area contributed by atoms with Crippen molar-refractivity contribution in [1.29, 1.82) is 0 Å². The fourth-order valence-corrected chi connectivity index (χ4v) is 6.78. The molecule has 2 aliphatic rings. The third kappa shape index (κ3) is 13.2. The summed E-state index contributed by atoms with van der Waals surface area (Å²) in [5, 5.41) is 15.0. The first-order valence-corrected chi connectivity index (χ1v) is 19.3. The third-order valence-corrected chi connectivity index (χ3v) is 9.76. The maximum atomic E-state index is 13.8. The third-order valence-electron chi connectivity index (χ3n) is 8.21. The standard InChI is InChI=1S/C34H57IN6O5/c1-9-11-28(41(8)34(46)27(19-24-12-13-24)39-31(43)25-14-16-35-17-15-25)32(44)38-26(18-21(3)4)20-37-23(7)30(42)40-29(22(5)6)33(45)36-10-2/h14-17,21-24,26-29,37H,9-13,18-20H2,1-8H3,(H,36,45)(H,38,44)(H,39,43)(H,40,42)/t23-,26-,27-,28-,29-/m0/s1. The van der Waals surface area contributed by atoms with Crippen LogP contribution >= 0.6 is 20.7 Å². The first-order valence-electron chi connectivity index (χ1n) is 16.8. The van der Waals surface area contributed by atoms with E-state index >= 15 is 0 Å². The van der Waals surface area contributed by atoms with E-state index in [4.69, 9.17) is 0 Å². The van der Waals surface area contributed by atoms with Crippen molar-refractivity contribution in [3.05, 3.63) is 21.8 Å². The van der Waals surface area contributed by atoms with Gasteiger partial charge in [0, 0.05) is 31.8 Å². The van der Waals surface area contributed by atoms with E-state index in [1.165, 1.54) is 4.90 Å². The van der Waals surface area contributed by atoms with E-state index in [9.17, 15) is 24.0 Å². The number of rotatable bonds is 20. The maximum Gasteiger partial charge on any atom is 0.251 e. The minimum absolute atomic E-state index is 0.0797. The van der Waals surface area contributed by atoms with Gasteiger partial charge in [0.15, 0.2) is 0 Å². The number of nitrogens with one attached hydrogen (secondary N) is 5. The van der Waals surface area contributed by atoms with Crippen LogP contribution in [-0.4, -0.2) is 88.8 Å². The zero-order valence-corrected chi connectivity index (χ0v) is 31.1. The zero-order chi connectivity index (χ0) is 34.4. The van der Waals surface area contributed by atoms with Crippen LogP contribution in [0.3, 0.4) is 0 Å². The van der Waals surface area contributed by atoms with Crippen molar-refractivity contribution in [2.45, 2.75) is 117 Å². The lowest BCUT2D eigenvalue weighted by Crippen LogP contribution is -2.57. The van der Waals surface area contributed by atoms with Gasteiger partial charge in [-0.2, -0.15) is 0 Å². The Hall–Kier alpha value is -2.61. The molecule has 1 aliphatic heterocycles. The van der Waals surface area contributed by atoms with E-state index in [-0.39, 0.29) is 68.1 Å². The first-order chi connectivity index (χ1) is 21.8. The highest BCUT2D eigenvalue weighted by atomic mass is 127. The Labute approximate surface area is 285 Å². The molecule has 260 valence electrons. The number of hydrogen-bond donors (Lipinski definition) is 5. The lowest BCUT2D eigenvalue weighted by atomic mass is 10.0. The summed E-state index contributed by atoms with van der Waals surface area (Å²) in [6.07, 6.45) is 8.09. The molecule has 0 aromatic carbocycles. The number of allylic oxidation sites excluding steroid dienone is 1. The van der Waals surface area contributed by atoms with Crippen molar-refractivity contribution in [2.75, 3.05) is 20.1 Å². The molecule has 0 aromatic heterocycles. The molecule has 0 saturated heterocycles. The number of carbonyl (C=O) groups is 5. The molecule has 0 unspecified atom stereocenters. The average Bonchev–Trinajstić information content (AvgIpc) is 3.84. The molecule has 1 fully saturated rings. The summed E-state index contributed by atoms with van der Waals surface area (Å²) in [5.41, 5.74) is 0.543. The van der Waals surface area contributed by atoms with Gasteiger partial charge in [0.1, 0.15) is 18.1 Å². The molecular formula is C34H57IN6O5. The van der Waals surface area contributed by atoms with Gasteiger partial charge in [0.05, 0.1) is 6.04 Å². The summed E-state index contributed by atoms with van der Waals surface area (Å²) in [4.78, 5) is 67.5. The van der Waals surface area contributed by atoms with Crippen LogP contribution in [0.4, 0.5) is 0 Å². The lowest BCUT2D eigenvalue weighted by molar-refractivity contribution is -0.142. The Morgan fingerprint density at radius 3 is 2.20 bits per heavy atom. The van der Waals surface area contributed by atoms with E-state index < -0.39 is 24.2 Å². The molecule has 1 aliphatic carbocycles. The molecule has 1 heterocycles. The van der Waals surface area contributed by atoms with Gasteiger partial charge in [0.2, 0.25) is 23.6 Å². The lowest BCUT2D eigenvalue weighted by Gasteiger charge is -2.33. The summed E-state index contributed by atoms with van der Waals surface area (Å²) in [5.74, 6) is -0.721. The smallest absolute Gasteiger partial charge is 0.251 e. The Morgan fingerprint density at radius 2 is 1.65 bits per heavy atom. The van der Waals surface area contributed by atoms with Gasteiger partial charge < -0.3 is 31.5 Å². The van der Waals surface area contributed by atoms with Crippen LogP contribution in [0.1, 0.15) is 87.0 Å². The minimum Gasteiger partial charge on any atom is -0.355 e. The van der Waals surface area contributed by atoms with E-state index in [0.29, 0.717) is 50.3 Å². The van der Waals surface area contributed by atoms with Crippen LogP contribution in [0.15, 0.2) is 21.8 Å². The number of carbonyl (C=O) groups excluding carboxylic acids is 5. The second-order valence-electron chi connectivity index (χ2n) is 13.2. The Balaban J connectivity index is 2.10. The van der Waals surface area contributed by atoms with Crippen LogP contribution in [0.5, 0.6) is 0 Å². The normalized spacial score (nSPS) is 17.6. The van der Waals surface area contributed by atoms with E-state index in [0.717, 1.165) is 12.8 Å². The van der Waals surface area contributed by atoms with Crippen LogP contribution in [0, 0.1) is 17.8 Å². The second kappa shape index (κ2) is 19.9. The molecule has 0 radical (unpaired) electrons. The average molecular weight is 757 g/mol. The Morgan fingerprint density at radius 1 is 0.957 bits per heavy atom. The number of halogens is 1. The minimum atomic E-state index is -0.706. The topological polar surface area (TPSA) is 149 Å². The molecule has 5 amide bonds. The number of amides is 5. The monoisotopic (exact) mass is 756 g/mol. The van der Waals surface area contributed by atoms with Gasteiger partial charge in [-0.25, -0.2) is 0 Å². The van der Waals surface area contributed by atoms with Gasteiger partial charge in [0.25, 0.3) is 5.91 Å². The fourth-order valence-electron chi connectivity index (χ4n) is 5.35. The number of likely N-dealkylation sites (N-methyl/N-ethyl adjacent to an activating group) is 2. The van der Waals surface area contributed by atoms with Gasteiger partial charge in [-0.15, -0.1) is 0 Å². The van der Waals surface area contributed by atoms with Gasteiger partial charge in [-0.3, -0.25) is 24.0 Å². The molecule has 1 saturated carbocycles. The predicted octanol–water partition coefficient (Wildman–Crippen LogP) is 2.91. The van der Waals surface area contributed by atoms with E-state index in [2.05, 4.69) is 40.4 Å². The molecule has 0 bridgehead atoms. The van der Waals surface area contributed by atoms with Crippen LogP contribution in [0.2, 0.25) is 0 Å². The first kappa shape index (κ1) is 39.6. The molecule has 12 heteroatoms. The zero-order valence-electron chi connectivity index (χ0n) is 29.0. The van der Waals surface area contributed by atoms with Crippen LogP contribution < -0.4 is 26.6 Å². The predicted molar refractivity (Wildman–Crippen MR) is 192 cm³/mol. The van der Waals surface area contributed by atoms with Crippen molar-refractivity contribution in [3.63, 3.8) is 0 Å². The fraction of sp³-hybridized carbons (Fsp3) is 0.706. The summed E-state index contributed by atoms with van der Waals surface area (Å²) in [6.45, 7) is 14.3. The molecule has 2 rings (SSSR count). The van der Waals surface area contributed by atoms with Crippen molar-refractivity contribution in [1.82, 2.24) is 31.5 Å². The number of nitrogens with zero attached hydrogens (tertiary/aromatic N) is 1. The molecule has 5 atom stereocenters. The highest BCUT2D eigenvalue weighted by Gasteiger charge is 2.36. The van der Waals surface area contributed by atoms with Gasteiger partial charge in [-0.05, 0) is 71.1 Å². The second-order valence-corrected chi connectivity index (χ2v) is 15.4. The Bertz CT molecular complexity index is 1150. The maximum absolute atomic E-state index is 13.8. The van der Waals surface area contributed by atoms with Crippen molar-refractivity contribution < 1.29 is 24.0 Å². The molecule has 11 nitrogen and oxygen atoms in total. The molecule has 46 heavy (non-hydrogen) atoms. The quantitative estimate of drug-likeness (QED) is 0.121. The van der Waals surface area contributed by atoms with Crippen molar-refractivity contribution in [3.8, 4) is 0 Å². The molecule has 0 spiro atoms. The Kier molecular flexibility index (Phi) is 17.1. The highest BCUT2D eigenvalue weighted by molar-refractivity contribution is 14.2. The summed E-state index contributed by atoms with van der Waals surface area (Å²) in [7, 11) is 1.65. The largest absolute Gasteiger partial charge is 0.355 e. The molecule has 5 N–H and O–H groups in total. The van der Waals surface area contributed by atoms with E-state index in [1.54, 1.807) is 14.0 Å². The summed E-state index contributed by atoms with van der Waals surface area (Å²) in [6, 6.07) is -2.94. The van der Waals surface area contributed by atoms with Gasteiger partial charge in [-0.1, -0.05) is 74.6 Å². The van der Waals surface area contributed by atoms with E-state index in [1.807, 2.05) is 47.9 Å². The molecular weight excluding hydrogens is 699 g/mol. The summed E-state index contributed by atoms with van der Waals surface area (Å²) >= 11 is -0.163. The van der Waals surface area contributed by atoms with Gasteiger partial charge >= 0.3 is 0 Å².